The van der Waals surface area contributed by atoms with E-state index in [-0.39, 0.29) is 18.4 Å². The molecule has 1 aromatic rings. The third-order valence-electron chi connectivity index (χ3n) is 4.18. The first-order valence-electron chi connectivity index (χ1n) is 7.75. The van der Waals surface area contributed by atoms with Crippen molar-refractivity contribution in [1.29, 1.82) is 0 Å². The van der Waals surface area contributed by atoms with E-state index in [1.54, 1.807) is 4.90 Å². The number of pyridine rings is 1. The lowest BCUT2D eigenvalue weighted by Gasteiger charge is -2.33. The van der Waals surface area contributed by atoms with Crippen LogP contribution in [-0.4, -0.2) is 47.1 Å². The summed E-state index contributed by atoms with van der Waals surface area (Å²) in [5, 5.41) is 0.864. The zero-order chi connectivity index (χ0) is 15.7. The molecule has 2 amide bonds. The molecule has 1 saturated heterocycles. The minimum atomic E-state index is -0.00314. The average molecular weight is 319 g/mol. The highest BCUT2D eigenvalue weighted by Crippen LogP contribution is 2.36. The average Bonchev–Trinajstić information content (AvgIpc) is 2.50. The van der Waals surface area contributed by atoms with E-state index in [0.717, 1.165) is 47.9 Å². The van der Waals surface area contributed by atoms with E-state index in [0.29, 0.717) is 5.75 Å². The molecular formula is C16H21N3O2S. The Kier molecular flexibility index (Phi) is 4.38. The summed E-state index contributed by atoms with van der Waals surface area (Å²) >= 11 is 1.46. The third kappa shape index (κ3) is 2.97. The lowest BCUT2D eigenvalue weighted by molar-refractivity contribution is -0.132. The number of rotatable bonds is 2. The number of aromatic nitrogens is 1. The van der Waals surface area contributed by atoms with Gasteiger partial charge in [0.15, 0.2) is 0 Å². The number of likely N-dealkylation sites (tertiary alicyclic amines) is 1. The first kappa shape index (κ1) is 15.3. The molecule has 2 aliphatic rings. The maximum absolute atomic E-state index is 12.5. The van der Waals surface area contributed by atoms with Crippen molar-refractivity contribution in [2.24, 2.45) is 0 Å². The Bertz CT molecular complexity index is 612. The van der Waals surface area contributed by atoms with Gasteiger partial charge in [0.2, 0.25) is 11.8 Å². The van der Waals surface area contributed by atoms with Gasteiger partial charge in [-0.2, -0.15) is 0 Å². The second-order valence-corrected chi connectivity index (χ2v) is 6.91. The first-order chi connectivity index (χ1) is 10.6. The number of anilines is 1. The van der Waals surface area contributed by atoms with Crippen LogP contribution in [0, 0.1) is 13.8 Å². The molecule has 0 radical (unpaired) electrons. The van der Waals surface area contributed by atoms with Crippen molar-refractivity contribution in [1.82, 2.24) is 9.88 Å². The van der Waals surface area contributed by atoms with Crippen molar-refractivity contribution >= 4 is 29.3 Å². The summed E-state index contributed by atoms with van der Waals surface area (Å²) in [4.78, 5) is 32.9. The van der Waals surface area contributed by atoms with E-state index < -0.39 is 0 Å². The molecule has 6 heteroatoms. The number of aryl methyl sites for hydroxylation is 2. The van der Waals surface area contributed by atoms with Crippen LogP contribution in [0.5, 0.6) is 0 Å². The summed E-state index contributed by atoms with van der Waals surface area (Å²) < 4.78 is 0. The Morgan fingerprint density at radius 1 is 1.27 bits per heavy atom. The third-order valence-corrected chi connectivity index (χ3v) is 5.13. The topological polar surface area (TPSA) is 53.5 Å². The molecule has 22 heavy (non-hydrogen) atoms. The van der Waals surface area contributed by atoms with Crippen molar-refractivity contribution in [3.8, 4) is 0 Å². The van der Waals surface area contributed by atoms with Gasteiger partial charge in [0.25, 0.3) is 0 Å². The van der Waals surface area contributed by atoms with Crippen molar-refractivity contribution in [2.75, 3.05) is 30.3 Å². The van der Waals surface area contributed by atoms with Gasteiger partial charge in [-0.25, -0.2) is 4.98 Å². The second kappa shape index (κ2) is 6.28. The molecule has 118 valence electrons. The highest BCUT2D eigenvalue weighted by atomic mass is 32.2. The van der Waals surface area contributed by atoms with Crippen molar-refractivity contribution in [3.63, 3.8) is 0 Å². The predicted octanol–water partition coefficient (Wildman–Crippen LogP) is 2.15. The first-order valence-corrected chi connectivity index (χ1v) is 8.74. The second-order valence-electron chi connectivity index (χ2n) is 5.94. The summed E-state index contributed by atoms with van der Waals surface area (Å²) in [7, 11) is 0. The number of amides is 2. The smallest absolute Gasteiger partial charge is 0.242 e. The van der Waals surface area contributed by atoms with E-state index in [4.69, 9.17) is 0 Å². The minimum Gasteiger partial charge on any atom is -0.341 e. The normalized spacial score (nSPS) is 18.4. The summed E-state index contributed by atoms with van der Waals surface area (Å²) in [6.07, 6.45) is 3.31. The van der Waals surface area contributed by atoms with Gasteiger partial charge in [0.1, 0.15) is 11.6 Å². The highest BCUT2D eigenvalue weighted by Gasteiger charge is 2.30. The Balaban J connectivity index is 1.84. The molecule has 3 rings (SSSR count). The van der Waals surface area contributed by atoms with E-state index in [2.05, 4.69) is 4.98 Å². The summed E-state index contributed by atoms with van der Waals surface area (Å²) in [5.41, 5.74) is 2.77. The molecule has 1 aromatic heterocycles. The summed E-state index contributed by atoms with van der Waals surface area (Å²) in [6.45, 7) is 5.69. The van der Waals surface area contributed by atoms with Crippen LogP contribution in [0.4, 0.5) is 5.69 Å². The van der Waals surface area contributed by atoms with Gasteiger partial charge in [0, 0.05) is 18.8 Å². The number of piperidine rings is 1. The Morgan fingerprint density at radius 2 is 2.00 bits per heavy atom. The Labute approximate surface area is 135 Å². The molecule has 0 bridgehead atoms. The van der Waals surface area contributed by atoms with Gasteiger partial charge < -0.3 is 4.90 Å². The maximum atomic E-state index is 12.5. The monoisotopic (exact) mass is 319 g/mol. The maximum Gasteiger partial charge on any atom is 0.242 e. The fourth-order valence-electron chi connectivity index (χ4n) is 3.10. The molecule has 0 spiro atoms. The molecular weight excluding hydrogens is 298 g/mol. The summed E-state index contributed by atoms with van der Waals surface area (Å²) in [6, 6.07) is 1.97. The van der Waals surface area contributed by atoms with Crippen LogP contribution in [0.2, 0.25) is 0 Å². The SMILES string of the molecule is Cc1cc(C)c2c(n1)SCC(=O)N2CC(=O)N1CCCCC1. The van der Waals surface area contributed by atoms with Crippen molar-refractivity contribution in [3.05, 3.63) is 17.3 Å². The molecule has 0 atom stereocenters. The predicted molar refractivity (Wildman–Crippen MR) is 87.2 cm³/mol. The van der Waals surface area contributed by atoms with Crippen molar-refractivity contribution in [2.45, 2.75) is 38.1 Å². The Morgan fingerprint density at radius 3 is 2.73 bits per heavy atom. The molecule has 3 heterocycles. The molecule has 0 saturated carbocycles. The molecule has 0 aliphatic carbocycles. The number of thioether (sulfide) groups is 1. The van der Waals surface area contributed by atoms with Gasteiger partial charge >= 0.3 is 0 Å². The molecule has 0 aromatic carbocycles. The van der Waals surface area contributed by atoms with Crippen LogP contribution in [-0.2, 0) is 9.59 Å². The lowest BCUT2D eigenvalue weighted by atomic mass is 10.1. The standard InChI is InChI=1S/C16H21N3O2S/c1-11-8-12(2)17-16-15(11)19(14(21)10-22-16)9-13(20)18-6-4-3-5-7-18/h8H,3-7,9-10H2,1-2H3. The van der Waals surface area contributed by atoms with E-state index >= 15 is 0 Å². The number of hydrogen-bond acceptors (Lipinski definition) is 4. The van der Waals surface area contributed by atoms with E-state index in [1.165, 1.54) is 18.2 Å². The van der Waals surface area contributed by atoms with Gasteiger partial charge in [-0.1, -0.05) is 11.8 Å². The number of nitrogens with zero attached hydrogens (tertiary/aromatic N) is 3. The Hall–Kier alpha value is -1.56. The number of hydrogen-bond donors (Lipinski definition) is 0. The van der Waals surface area contributed by atoms with Crippen LogP contribution < -0.4 is 4.90 Å². The summed E-state index contributed by atoms with van der Waals surface area (Å²) in [5.74, 6) is 0.401. The zero-order valence-electron chi connectivity index (χ0n) is 13.1. The van der Waals surface area contributed by atoms with Crippen LogP contribution >= 0.6 is 11.8 Å². The largest absolute Gasteiger partial charge is 0.341 e. The fourth-order valence-corrected chi connectivity index (χ4v) is 4.14. The van der Waals surface area contributed by atoms with Gasteiger partial charge in [-0.3, -0.25) is 14.5 Å². The lowest BCUT2D eigenvalue weighted by Crippen LogP contribution is -2.46. The molecule has 5 nitrogen and oxygen atoms in total. The van der Waals surface area contributed by atoms with Crippen molar-refractivity contribution < 1.29 is 9.59 Å². The highest BCUT2D eigenvalue weighted by molar-refractivity contribution is 8.00. The van der Waals surface area contributed by atoms with E-state index in [1.807, 2.05) is 24.8 Å². The minimum absolute atomic E-state index is 0.00314. The van der Waals surface area contributed by atoms with Crippen LogP contribution in [0.1, 0.15) is 30.5 Å². The number of carbonyl (C=O) groups is 2. The number of carbonyl (C=O) groups excluding carboxylic acids is 2. The van der Waals surface area contributed by atoms with Gasteiger partial charge in [-0.15, -0.1) is 0 Å². The van der Waals surface area contributed by atoms with Gasteiger partial charge in [-0.05, 0) is 44.7 Å². The molecule has 1 fully saturated rings. The van der Waals surface area contributed by atoms with Crippen LogP contribution in [0.15, 0.2) is 11.1 Å². The molecule has 0 unspecified atom stereocenters. The zero-order valence-corrected chi connectivity index (χ0v) is 13.9. The fraction of sp³-hybridized carbons (Fsp3) is 0.562. The molecule has 0 N–H and O–H groups in total. The van der Waals surface area contributed by atoms with Crippen LogP contribution in [0.3, 0.4) is 0 Å². The number of fused-ring (bicyclic) bond motifs is 1. The quantitative estimate of drug-likeness (QED) is 0.838. The molecule has 2 aliphatic heterocycles. The van der Waals surface area contributed by atoms with E-state index in [9.17, 15) is 9.59 Å². The van der Waals surface area contributed by atoms with Crippen LogP contribution in [0.25, 0.3) is 0 Å². The van der Waals surface area contributed by atoms with Gasteiger partial charge in [0.05, 0.1) is 11.4 Å².